The molecule has 10 aromatic rings. The van der Waals surface area contributed by atoms with Crippen molar-refractivity contribution in [3.8, 4) is 30.3 Å². The van der Waals surface area contributed by atoms with Crippen LogP contribution in [0.2, 0.25) is 0 Å². The van der Waals surface area contributed by atoms with Gasteiger partial charge in [0.15, 0.2) is 17.3 Å². The van der Waals surface area contributed by atoms with Crippen molar-refractivity contribution in [2.24, 2.45) is 35.0 Å². The first-order chi connectivity index (χ1) is 69.3. The molecule has 5 unspecified atom stereocenters. The number of amides is 5. The summed E-state index contributed by atoms with van der Waals surface area (Å²) in [6.07, 6.45) is 30.0. The smallest absolute Gasteiger partial charge is 0.354 e. The summed E-state index contributed by atoms with van der Waals surface area (Å²) in [5.74, 6) is 3.42. The highest BCUT2D eigenvalue weighted by atomic mass is 16.2. The molecule has 5 N–H and O–H groups in total. The minimum atomic E-state index is -1.09. The molecule has 5 amide bonds. The minimum Gasteiger partial charge on any atom is -0.354 e. The second kappa shape index (κ2) is 50.5. The number of nitrogens with zero attached hydrogens (tertiary/aromatic N) is 26. The van der Waals surface area contributed by atoms with Gasteiger partial charge in [0.1, 0.15) is 120 Å². The van der Waals surface area contributed by atoms with E-state index in [2.05, 4.69) is 142 Å². The number of aromatic nitrogens is 15. The molecule has 144 heavy (non-hydrogen) atoms. The van der Waals surface area contributed by atoms with Gasteiger partial charge in [0.25, 0.3) is 5.54 Å². The number of piperidine rings is 5. The van der Waals surface area contributed by atoms with Gasteiger partial charge in [-0.15, -0.1) is 0 Å². The van der Waals surface area contributed by atoms with Crippen LogP contribution in [0.4, 0.5) is 29.1 Å². The van der Waals surface area contributed by atoms with Gasteiger partial charge in [-0.05, 0) is 139 Å². The van der Waals surface area contributed by atoms with Crippen LogP contribution in [0.1, 0.15) is 139 Å². The summed E-state index contributed by atoms with van der Waals surface area (Å²) in [6, 6.07) is 19.0. The molecule has 6 aliphatic rings. The van der Waals surface area contributed by atoms with Gasteiger partial charge < -0.3 is 78.8 Å². The normalized spacial score (nSPS) is 19.8. The number of likely N-dealkylation sites (N-methyl/N-ethyl adjacent to an activating group) is 1. The van der Waals surface area contributed by atoms with Crippen molar-refractivity contribution in [2.75, 3.05) is 123 Å². The van der Waals surface area contributed by atoms with Gasteiger partial charge in [0.2, 0.25) is 35.3 Å². The lowest BCUT2D eigenvalue weighted by molar-refractivity contribution is -0.192. The third-order valence-electron chi connectivity index (χ3n) is 27.4. The molecular formula is C102H121N31O11. The lowest BCUT2D eigenvalue weighted by Crippen LogP contribution is -2.56. The van der Waals surface area contributed by atoms with E-state index in [1.54, 1.807) is 64.4 Å². The van der Waals surface area contributed by atoms with Crippen LogP contribution in [0.3, 0.4) is 0 Å². The molecule has 0 spiro atoms. The van der Waals surface area contributed by atoms with E-state index in [1.807, 2.05) is 120 Å². The Balaban J connectivity index is 0.000000171. The lowest BCUT2D eigenvalue weighted by Gasteiger charge is -2.44. The molecule has 0 bridgehead atoms. The van der Waals surface area contributed by atoms with E-state index in [0.717, 1.165) is 81.1 Å². The number of likely N-dealkylation sites (tertiary alicyclic amines) is 5. The zero-order valence-corrected chi connectivity index (χ0v) is 82.7. The van der Waals surface area contributed by atoms with Crippen LogP contribution >= 0.6 is 0 Å². The summed E-state index contributed by atoms with van der Waals surface area (Å²) < 4.78 is 0. The van der Waals surface area contributed by atoms with Gasteiger partial charge in [0.05, 0.1) is 101 Å². The Hall–Kier alpha value is -16.6. The van der Waals surface area contributed by atoms with Crippen molar-refractivity contribution >= 4 is 143 Å². The Labute approximate surface area is 834 Å². The molecule has 5 aliphatic heterocycles. The van der Waals surface area contributed by atoms with Gasteiger partial charge in [-0.1, -0.05) is 58.6 Å². The number of carbonyl (C=O) groups is 9. The number of aromatic amines is 5. The number of nitriles is 5. The van der Waals surface area contributed by atoms with E-state index in [4.69, 9.17) is 37.2 Å². The van der Waals surface area contributed by atoms with E-state index < -0.39 is 11.0 Å². The second-order valence-electron chi connectivity index (χ2n) is 37.3. The SMILES string of the molecule is C/C=C/CN(c1ncnc2[nH]ccc12)C1CN(C(=O)CC#N)CC[C@H]1C.C=CC(=O)CCN(c1ncnc2[nH]ccc12)C1CN(C(=O)CC#N)CC[C@H]1C.C=CC(=O)[C@@H]1CCN(C(=O)CC#N)CC1N(C)c1ncnc2[nH]ccc12.CC(C)=CC(=O)CN(c1ncnc2[nH]ccc12)C1CN(C(=O)C(C)(C)C#N)CC[C@H]1C.O=C=O.[C-]#[N+]C1(C(=O)CN(c2ncnc3[nH]ccc23)C2CN(C(=O)CC#N)CC[C@H]2C)CC1. The quantitative estimate of drug-likeness (QED) is 0.0165. The fourth-order valence-corrected chi connectivity index (χ4v) is 19.0. The predicted octanol–water partition coefficient (Wildman–Crippen LogP) is 10.3. The zero-order chi connectivity index (χ0) is 104. The molecule has 5 saturated heterocycles. The number of rotatable bonds is 29. The number of nitrogens with one attached hydrogen (secondary N) is 5. The van der Waals surface area contributed by atoms with Crippen LogP contribution in [0.5, 0.6) is 0 Å². The average molecular weight is 1960 g/mol. The van der Waals surface area contributed by atoms with E-state index in [9.17, 15) is 48.4 Å². The zero-order valence-electron chi connectivity index (χ0n) is 82.7. The maximum Gasteiger partial charge on any atom is 0.373 e. The monoisotopic (exact) mass is 1960 g/mol. The van der Waals surface area contributed by atoms with Crippen LogP contribution in [0.15, 0.2) is 142 Å². The number of fused-ring (bicyclic) bond motifs is 5. The van der Waals surface area contributed by atoms with Crippen molar-refractivity contribution in [3.63, 3.8) is 0 Å². The van der Waals surface area contributed by atoms with Crippen LogP contribution < -0.4 is 24.5 Å². The summed E-state index contributed by atoms with van der Waals surface area (Å²) in [6.45, 7) is 39.0. The topological polar surface area (TPSA) is 551 Å². The Morgan fingerprint density at radius 1 is 0.479 bits per heavy atom. The summed E-state index contributed by atoms with van der Waals surface area (Å²) >= 11 is 0. The summed E-state index contributed by atoms with van der Waals surface area (Å²) in [7, 11) is 1.86. The number of Topliss-reactive ketones (excluding diaryl/α,β-unsaturated/α-hetero) is 1. The number of H-pyrrole nitrogens is 5. The highest BCUT2D eigenvalue weighted by Crippen LogP contribution is 2.43. The molecule has 1 saturated carbocycles. The molecule has 10 aromatic heterocycles. The maximum absolute atomic E-state index is 13.1. The predicted molar refractivity (Wildman–Crippen MR) is 535 cm³/mol. The fourth-order valence-electron chi connectivity index (χ4n) is 19.0. The lowest BCUT2D eigenvalue weighted by atomic mass is 9.86. The Morgan fingerprint density at radius 2 is 0.812 bits per heavy atom. The summed E-state index contributed by atoms with van der Waals surface area (Å²) in [4.78, 5) is 210. The van der Waals surface area contributed by atoms with Crippen molar-refractivity contribution in [1.82, 2.24) is 99.3 Å². The van der Waals surface area contributed by atoms with Crippen LogP contribution in [-0.2, 0) is 52.7 Å². The standard InChI is InChI=1S/C23H30N6O2.C21H23N7O2.C20H24N6O2.C19H24N6O.C18H20N6O2.CO2/c1-15(2)10-17(30)11-29(21-18-6-8-25-20(18)26-14-27-21)19-12-28(9-7-16(19)3)22(31)23(4,5)13-24;1-14-5-10-27(18(30)3-8-22)11-16(14)28(12-17(29)21(23-2)6-7-21)20-15-4-9-24-19(15)25-13-26-20;1-3-15(27)7-11-26(20-16-5-9-22-19(16)23-13-24-20)17-12-25(10-6-14(17)2)18(28)4-8-21;1-3-4-10-25(19-15-6-9-21-18(15)22-13-23-19)16-12-24(11-7-14(16)2)17(26)5-8-20;1-3-15(25)12-6-9-24(16(26)4-7-19)10-14(12)23(2)18-13-5-8-20-17(13)21-11-22-18;2-1-3/h6,8,10,14,16,19H,7,9,11-12H2,1-5H3,(H,25,26,27);4,9,13-14,16H,3,5-7,10-12H2,1H3,(H,24,25,26);3,5,9,13-14,17H,1,4,6-7,10-12H2,2H3,(H,22,23,24);3-4,6,9,13-14,16H,5,7,10-12H2,1-2H3,(H,21,22,23);3,5,8,11-12,14H,1,4,6,9-10H2,2H3,(H,20,21,22);/b;;;4-3+;;/t16-,19?;14-,16?;14-,17?;14-,16?;12-,14?;/m11111./s1. The van der Waals surface area contributed by atoms with Crippen LogP contribution in [0.25, 0.3) is 60.0 Å². The average Bonchev–Trinajstić information content (AvgIpc) is 1.60. The summed E-state index contributed by atoms with van der Waals surface area (Å²) in [5.41, 5.74) is 2.56. The number of allylic oxidation sites excluding steroid dienone is 4. The molecule has 0 radical (unpaired) electrons. The largest absolute Gasteiger partial charge is 0.373 e. The molecule has 10 atom stereocenters. The Kier molecular flexibility index (Phi) is 37.8. The van der Waals surface area contributed by atoms with Gasteiger partial charge in [0, 0.05) is 142 Å². The molecule has 42 heteroatoms. The fraction of sp³-hybridized carbons (Fsp3) is 0.471. The van der Waals surface area contributed by atoms with Gasteiger partial charge in [-0.2, -0.15) is 35.9 Å². The van der Waals surface area contributed by atoms with Crippen molar-refractivity contribution in [2.45, 2.75) is 175 Å². The van der Waals surface area contributed by atoms with Crippen LogP contribution in [0, 0.1) is 98.2 Å². The molecule has 42 nitrogen and oxygen atoms in total. The summed E-state index contributed by atoms with van der Waals surface area (Å²) in [5, 5.41) is 49.2. The first-order valence-corrected chi connectivity index (χ1v) is 47.8. The van der Waals surface area contributed by atoms with Gasteiger partial charge in [-0.25, -0.2) is 56.4 Å². The van der Waals surface area contributed by atoms with Gasteiger partial charge in [-0.3, -0.25) is 43.2 Å². The molecule has 750 valence electrons. The second-order valence-corrected chi connectivity index (χ2v) is 37.3. The molecule has 16 rings (SSSR count). The molecular weight excluding hydrogens is 1840 g/mol. The first kappa shape index (κ1) is 108. The van der Waals surface area contributed by atoms with Crippen molar-refractivity contribution < 1.29 is 52.7 Å². The van der Waals surface area contributed by atoms with Crippen LogP contribution in [-0.4, -0.2) is 293 Å². The molecule has 6 fully saturated rings. The van der Waals surface area contributed by atoms with Crippen molar-refractivity contribution in [1.29, 1.82) is 26.3 Å². The highest BCUT2D eigenvalue weighted by Gasteiger charge is 2.58. The Morgan fingerprint density at radius 3 is 1.17 bits per heavy atom. The van der Waals surface area contributed by atoms with E-state index in [1.165, 1.54) is 37.5 Å². The van der Waals surface area contributed by atoms with E-state index >= 15 is 0 Å². The number of ketones is 4. The third kappa shape index (κ3) is 26.2. The van der Waals surface area contributed by atoms with E-state index in [0.29, 0.717) is 150 Å². The number of hydrogen-bond donors (Lipinski definition) is 5. The Bertz CT molecular complexity index is 6650. The highest BCUT2D eigenvalue weighted by molar-refractivity contribution is 6.00. The molecule has 1 aliphatic carbocycles. The van der Waals surface area contributed by atoms with Crippen molar-refractivity contribution in [3.05, 3.63) is 153 Å². The van der Waals surface area contributed by atoms with Gasteiger partial charge >= 0.3 is 6.15 Å². The third-order valence-corrected chi connectivity index (χ3v) is 27.4. The maximum atomic E-state index is 13.1. The first-order valence-electron chi connectivity index (χ1n) is 47.8. The number of carbonyl (C=O) groups excluding carboxylic acids is 11. The molecule has 0 aromatic carbocycles. The number of hydrogen-bond acceptors (Lipinski definition) is 31. The molecule has 15 heterocycles. The van der Waals surface area contributed by atoms with E-state index in [-0.39, 0.29) is 146 Å². The number of anilines is 5. The minimum absolute atomic E-state index is 0.0120.